The molecule has 0 saturated carbocycles. The Morgan fingerprint density at radius 3 is 2.13 bits per heavy atom. The van der Waals surface area contributed by atoms with Crippen LogP contribution in [0.15, 0.2) is 89.4 Å². The number of carbonyl (C=O) groups excluding carboxylic acids is 3. The third-order valence-electron chi connectivity index (χ3n) is 9.25. The summed E-state index contributed by atoms with van der Waals surface area (Å²) in [5, 5.41) is 13.3. The number of rotatable bonds is 18. The van der Waals surface area contributed by atoms with Crippen molar-refractivity contribution in [3.05, 3.63) is 101 Å². The molecule has 2 aliphatic rings. The van der Waals surface area contributed by atoms with Crippen LogP contribution in [0.25, 0.3) is 20.5 Å². The molecule has 2 N–H and O–H groups in total. The lowest BCUT2D eigenvalue weighted by atomic mass is 10.0. The van der Waals surface area contributed by atoms with Crippen molar-refractivity contribution in [1.82, 2.24) is 10.2 Å². The van der Waals surface area contributed by atoms with Crippen LogP contribution in [0.4, 0.5) is 0 Å². The number of phenols is 1. The number of imide groups is 1. The summed E-state index contributed by atoms with van der Waals surface area (Å²) in [4.78, 5) is 39.1. The van der Waals surface area contributed by atoms with Gasteiger partial charge in [-0.2, -0.15) is 0 Å². The molecule has 13 heteroatoms. The molecule has 1 saturated heterocycles. The number of aromatic hydroxyl groups is 1. The Labute approximate surface area is 331 Å². The number of hydrogen-bond acceptors (Lipinski definition) is 10. The standard InChI is InChI=1S/C42H41BrN2O9S/c43-29-6-4-27(5-7-29)40-39(35-14-8-30(46)25-37(35)55-40)54-32-11-9-31(10-12-32)52-22-2-20-50-18-1-19-51-21-3-23-53-33-13-15-34-28(24-33)26-45(42(34)49)36-16-17-38(47)44-41(36)48/h4-15,24-25,36,46H,1-3,16-23,26H2,(H,44,47,48). The molecule has 3 heterocycles. The Morgan fingerprint density at radius 2 is 1.42 bits per heavy atom. The van der Waals surface area contributed by atoms with E-state index in [-0.39, 0.29) is 24.0 Å². The van der Waals surface area contributed by atoms with Gasteiger partial charge in [0.1, 0.15) is 29.0 Å². The van der Waals surface area contributed by atoms with Crippen LogP contribution in [0.2, 0.25) is 0 Å². The van der Waals surface area contributed by atoms with E-state index in [0.29, 0.717) is 76.1 Å². The Balaban J connectivity index is 0.742. The van der Waals surface area contributed by atoms with Crippen molar-refractivity contribution in [2.75, 3.05) is 39.6 Å². The third-order valence-corrected chi connectivity index (χ3v) is 11.0. The van der Waals surface area contributed by atoms with E-state index in [1.165, 1.54) is 4.90 Å². The van der Waals surface area contributed by atoms with Gasteiger partial charge in [-0.3, -0.25) is 19.7 Å². The Kier molecular flexibility index (Phi) is 12.6. The van der Waals surface area contributed by atoms with Crippen LogP contribution in [0, 0.1) is 0 Å². The fraction of sp³-hybridized carbons (Fsp3) is 0.310. The van der Waals surface area contributed by atoms with Crippen molar-refractivity contribution in [3.63, 3.8) is 0 Å². The summed E-state index contributed by atoms with van der Waals surface area (Å²) in [6.45, 7) is 3.67. The molecule has 0 spiro atoms. The zero-order valence-electron chi connectivity index (χ0n) is 30.1. The average Bonchev–Trinajstić information content (AvgIpc) is 3.70. The van der Waals surface area contributed by atoms with Crippen molar-refractivity contribution in [2.45, 2.75) is 44.7 Å². The Morgan fingerprint density at radius 1 is 0.764 bits per heavy atom. The molecular formula is C42H41BrN2O9S. The number of hydrogen-bond donors (Lipinski definition) is 2. The van der Waals surface area contributed by atoms with Gasteiger partial charge in [0.2, 0.25) is 11.8 Å². The number of thiophene rings is 1. The first-order valence-corrected chi connectivity index (χ1v) is 19.9. The number of nitrogens with zero attached hydrogens (tertiary/aromatic N) is 1. The van der Waals surface area contributed by atoms with Crippen LogP contribution in [-0.4, -0.2) is 73.4 Å². The summed E-state index contributed by atoms with van der Waals surface area (Å²) in [6, 6.07) is 25.7. The highest BCUT2D eigenvalue weighted by Gasteiger charge is 2.39. The molecule has 4 aromatic carbocycles. The van der Waals surface area contributed by atoms with Gasteiger partial charge in [-0.25, -0.2) is 0 Å². The largest absolute Gasteiger partial charge is 0.508 e. The van der Waals surface area contributed by atoms with Crippen molar-refractivity contribution < 1.29 is 43.2 Å². The van der Waals surface area contributed by atoms with Gasteiger partial charge in [-0.05, 0) is 96.8 Å². The lowest BCUT2D eigenvalue weighted by Crippen LogP contribution is -2.52. The van der Waals surface area contributed by atoms with Crippen LogP contribution in [0.3, 0.4) is 0 Å². The van der Waals surface area contributed by atoms with Gasteiger partial charge >= 0.3 is 0 Å². The topological polar surface area (TPSA) is 133 Å². The maximum Gasteiger partial charge on any atom is 0.255 e. The highest BCUT2D eigenvalue weighted by atomic mass is 79.9. The normalized spacial score (nSPS) is 15.3. The quantitative estimate of drug-likeness (QED) is 0.0662. The first-order valence-electron chi connectivity index (χ1n) is 18.3. The minimum absolute atomic E-state index is 0.199. The van der Waals surface area contributed by atoms with Gasteiger partial charge in [-0.15, -0.1) is 11.3 Å². The van der Waals surface area contributed by atoms with E-state index in [0.717, 1.165) is 54.9 Å². The van der Waals surface area contributed by atoms with Gasteiger partial charge < -0.3 is 33.7 Å². The highest BCUT2D eigenvalue weighted by Crippen LogP contribution is 2.47. The van der Waals surface area contributed by atoms with Crippen LogP contribution >= 0.6 is 27.3 Å². The fourth-order valence-electron chi connectivity index (χ4n) is 6.49. The summed E-state index contributed by atoms with van der Waals surface area (Å²) in [6.07, 6.45) is 2.82. The molecule has 1 unspecified atom stereocenters. The number of ether oxygens (including phenoxy) is 5. The summed E-state index contributed by atoms with van der Waals surface area (Å²) < 4.78 is 31.6. The van der Waals surface area contributed by atoms with Gasteiger partial charge in [0.25, 0.3) is 5.91 Å². The lowest BCUT2D eigenvalue weighted by molar-refractivity contribution is -0.136. The summed E-state index contributed by atoms with van der Waals surface area (Å²) >= 11 is 5.09. The first kappa shape index (κ1) is 38.3. The molecule has 7 rings (SSSR count). The zero-order chi connectivity index (χ0) is 38.1. The molecule has 0 bridgehead atoms. The lowest BCUT2D eigenvalue weighted by Gasteiger charge is -2.29. The molecule has 1 aromatic heterocycles. The fourth-order valence-corrected chi connectivity index (χ4v) is 7.92. The smallest absolute Gasteiger partial charge is 0.255 e. The van der Waals surface area contributed by atoms with Crippen LogP contribution in [0.5, 0.6) is 28.7 Å². The highest BCUT2D eigenvalue weighted by molar-refractivity contribution is 9.10. The van der Waals surface area contributed by atoms with Crippen LogP contribution in [0.1, 0.15) is 48.0 Å². The van der Waals surface area contributed by atoms with Gasteiger partial charge in [0.15, 0.2) is 5.75 Å². The summed E-state index contributed by atoms with van der Waals surface area (Å²) in [7, 11) is 0. The molecule has 0 radical (unpaired) electrons. The van der Waals surface area contributed by atoms with Gasteiger partial charge in [0.05, 0.1) is 18.1 Å². The second-order valence-corrected chi connectivity index (χ2v) is 15.2. The molecule has 1 fully saturated rings. The van der Waals surface area contributed by atoms with Gasteiger partial charge in [-0.1, -0.05) is 28.1 Å². The summed E-state index contributed by atoms with van der Waals surface area (Å²) in [5.41, 5.74) is 2.41. The molecule has 2 aliphatic heterocycles. The SMILES string of the molecule is O=C1CCC(N2Cc3cc(OCCCOCCCOCCCOc4ccc(Oc5c(-c6ccc(Br)cc6)sc6cc(O)ccc56)cc4)ccc3C2=O)C(=O)N1. The van der Waals surface area contributed by atoms with Crippen molar-refractivity contribution in [3.8, 4) is 39.2 Å². The van der Waals surface area contributed by atoms with E-state index in [1.54, 1.807) is 35.6 Å². The van der Waals surface area contributed by atoms with Crippen LogP contribution in [-0.2, 0) is 25.6 Å². The first-order chi connectivity index (χ1) is 26.8. The van der Waals surface area contributed by atoms with Crippen molar-refractivity contribution >= 4 is 55.1 Å². The number of amides is 3. The molecule has 11 nitrogen and oxygen atoms in total. The third kappa shape index (κ3) is 9.65. The molecule has 1 atom stereocenters. The van der Waals surface area contributed by atoms with Gasteiger partial charge in [0, 0.05) is 72.4 Å². The maximum atomic E-state index is 12.9. The van der Waals surface area contributed by atoms with Crippen molar-refractivity contribution in [2.24, 2.45) is 0 Å². The predicted molar refractivity (Wildman–Crippen MR) is 212 cm³/mol. The number of benzene rings is 4. The number of carbonyl (C=O) groups is 3. The number of phenolic OH excluding ortho intramolecular Hbond substituents is 1. The molecule has 0 aliphatic carbocycles. The van der Waals surface area contributed by atoms with E-state index in [1.807, 2.05) is 60.7 Å². The number of fused-ring (bicyclic) bond motifs is 2. The molecule has 55 heavy (non-hydrogen) atoms. The van der Waals surface area contributed by atoms with Crippen molar-refractivity contribution in [1.29, 1.82) is 0 Å². The van der Waals surface area contributed by atoms with E-state index < -0.39 is 11.9 Å². The minimum atomic E-state index is -0.632. The molecule has 3 amide bonds. The predicted octanol–water partition coefficient (Wildman–Crippen LogP) is 8.25. The number of halogens is 1. The summed E-state index contributed by atoms with van der Waals surface area (Å²) in [5.74, 6) is 2.16. The minimum Gasteiger partial charge on any atom is -0.508 e. The Bertz CT molecular complexity index is 2140. The monoisotopic (exact) mass is 828 g/mol. The van der Waals surface area contributed by atoms with E-state index in [4.69, 9.17) is 23.7 Å². The maximum absolute atomic E-state index is 12.9. The second kappa shape index (κ2) is 18.1. The van der Waals surface area contributed by atoms with Crippen LogP contribution < -0.4 is 19.5 Å². The van der Waals surface area contributed by atoms with E-state index in [2.05, 4.69) is 21.2 Å². The number of piperidine rings is 1. The average molecular weight is 830 g/mol. The molecule has 5 aromatic rings. The molecule has 286 valence electrons. The zero-order valence-corrected chi connectivity index (χ0v) is 32.5. The number of nitrogens with one attached hydrogen (secondary N) is 1. The second-order valence-electron chi connectivity index (χ2n) is 13.2. The van der Waals surface area contributed by atoms with E-state index >= 15 is 0 Å². The van der Waals surface area contributed by atoms with E-state index in [9.17, 15) is 19.5 Å². The Hall–Kier alpha value is -4.95. The molecular weight excluding hydrogens is 788 g/mol.